The fourth-order valence-corrected chi connectivity index (χ4v) is 11.7. The van der Waals surface area contributed by atoms with E-state index in [1.807, 2.05) is 68.3 Å². The minimum atomic E-state index is -1.85. The summed E-state index contributed by atoms with van der Waals surface area (Å²) in [5.41, 5.74) is -3.13. The van der Waals surface area contributed by atoms with Crippen LogP contribution in [-0.2, 0) is 44.4 Å². The van der Waals surface area contributed by atoms with Gasteiger partial charge in [-0.1, -0.05) is 38.1 Å². The number of hydrogen-bond donors (Lipinski definition) is 5. The number of rotatable bonds is 16. The Morgan fingerprint density at radius 2 is 1.65 bits per heavy atom. The topological polar surface area (TPSA) is 220 Å². The standard InChI is InChI=1S/C52H88FN5O13S/c1-16-40-52(10,64)45(60)33(6)57(12)27-29(2)24-50(8,63)47(31(4)43(32(5)48(62)69-40)70-41-25-51(9,66-14)46(61)34(7)68-41)71-49-42(59)38(23-30(3)67-49)56(11)22-21-36-28-58(55-54-36)39(26-53)44(65-13)35-17-19-37(72-15)20-18-35/h17-20,28-34,38-47,49,59-61,63-64H,16,21-27H2,1-15H3/t29-,30-,31+,32-,33-,34+,38+,39-,40-,41+,42-,43+,44-,45-,46+,47-,49+,50-,51-,52-/m1/s1. The van der Waals surface area contributed by atoms with Crippen LogP contribution in [0.3, 0.4) is 0 Å². The van der Waals surface area contributed by atoms with Crippen molar-refractivity contribution < 1.29 is 67.9 Å². The van der Waals surface area contributed by atoms with Crippen LogP contribution in [0.15, 0.2) is 35.4 Å². The van der Waals surface area contributed by atoms with Crippen LogP contribution in [0.5, 0.6) is 0 Å². The molecule has 3 aliphatic heterocycles. The summed E-state index contributed by atoms with van der Waals surface area (Å²) in [7, 11) is 6.77. The Kier molecular flexibility index (Phi) is 21.5. The third-order valence-electron chi connectivity index (χ3n) is 15.9. The van der Waals surface area contributed by atoms with Crippen molar-refractivity contribution in [3.8, 4) is 0 Å². The highest BCUT2D eigenvalue weighted by Crippen LogP contribution is 2.41. The number of thioether (sulfide) groups is 1. The number of aromatic nitrogens is 3. The van der Waals surface area contributed by atoms with Gasteiger partial charge < -0.3 is 68.5 Å². The van der Waals surface area contributed by atoms with Gasteiger partial charge in [0.2, 0.25) is 0 Å². The highest BCUT2D eigenvalue weighted by molar-refractivity contribution is 7.98. The van der Waals surface area contributed by atoms with Crippen molar-refractivity contribution in [1.29, 1.82) is 0 Å². The molecule has 0 spiro atoms. The second-order valence-electron chi connectivity index (χ2n) is 21.8. The highest BCUT2D eigenvalue weighted by Gasteiger charge is 2.53. The van der Waals surface area contributed by atoms with Gasteiger partial charge in [-0.15, -0.1) is 16.9 Å². The molecule has 3 aliphatic rings. The van der Waals surface area contributed by atoms with Crippen molar-refractivity contribution >= 4 is 17.7 Å². The first-order valence-corrected chi connectivity index (χ1v) is 26.9. The largest absolute Gasteiger partial charge is 0.459 e. The molecule has 5 N–H and O–H groups in total. The normalized spacial score (nSPS) is 40.0. The van der Waals surface area contributed by atoms with Gasteiger partial charge in [0.15, 0.2) is 12.6 Å². The number of methoxy groups -OCH3 is 2. The molecule has 4 heterocycles. The van der Waals surface area contributed by atoms with E-state index in [0.29, 0.717) is 31.6 Å². The lowest BCUT2D eigenvalue weighted by Crippen LogP contribution is -2.61. The Hall–Kier alpha value is -2.41. The number of carbonyl (C=O) groups excluding carboxylic acids is 1. The molecule has 5 rings (SSSR count). The molecule has 18 nitrogen and oxygen atoms in total. The summed E-state index contributed by atoms with van der Waals surface area (Å²) in [6.07, 6.45) is -5.82. The first-order chi connectivity index (χ1) is 33.8. The van der Waals surface area contributed by atoms with Gasteiger partial charge in [-0.3, -0.25) is 4.79 Å². The molecule has 0 aliphatic carbocycles. The highest BCUT2D eigenvalue weighted by atomic mass is 32.2. The molecule has 412 valence electrons. The molecule has 0 unspecified atom stereocenters. The van der Waals surface area contributed by atoms with Gasteiger partial charge in [-0.2, -0.15) is 0 Å². The Balaban J connectivity index is 1.45. The Morgan fingerprint density at radius 1 is 0.986 bits per heavy atom. The maximum Gasteiger partial charge on any atom is 0.311 e. The summed E-state index contributed by atoms with van der Waals surface area (Å²) < 4.78 is 60.3. The van der Waals surface area contributed by atoms with Gasteiger partial charge in [-0.25, -0.2) is 9.07 Å². The fourth-order valence-electron chi connectivity index (χ4n) is 11.3. The molecule has 72 heavy (non-hydrogen) atoms. The number of halogens is 1. The van der Waals surface area contributed by atoms with Crippen LogP contribution in [-0.4, -0.2) is 201 Å². The number of benzene rings is 1. The molecule has 3 saturated heterocycles. The number of aliphatic hydroxyl groups excluding tert-OH is 3. The lowest BCUT2D eigenvalue weighted by atomic mass is 9.77. The summed E-state index contributed by atoms with van der Waals surface area (Å²) in [6.45, 7) is 17.6. The molecule has 3 fully saturated rings. The first-order valence-electron chi connectivity index (χ1n) is 25.7. The number of aliphatic hydroxyl groups is 5. The van der Waals surface area contributed by atoms with E-state index in [9.17, 15) is 34.7 Å². The lowest BCUT2D eigenvalue weighted by molar-refractivity contribution is -0.318. The predicted molar refractivity (Wildman–Crippen MR) is 270 cm³/mol. The van der Waals surface area contributed by atoms with Crippen LogP contribution in [0.1, 0.15) is 118 Å². The van der Waals surface area contributed by atoms with E-state index in [1.165, 1.54) is 18.7 Å². The second kappa shape index (κ2) is 25.6. The summed E-state index contributed by atoms with van der Waals surface area (Å²) in [4.78, 5) is 19.5. The van der Waals surface area contributed by atoms with Crippen molar-refractivity contribution in [2.45, 2.75) is 209 Å². The second-order valence-corrected chi connectivity index (χ2v) is 22.7. The molecular formula is C52H88FN5O13S. The van der Waals surface area contributed by atoms with Gasteiger partial charge in [0.1, 0.15) is 48.8 Å². The molecule has 2 aromatic rings. The average molecular weight is 1040 g/mol. The van der Waals surface area contributed by atoms with Crippen LogP contribution in [0, 0.1) is 17.8 Å². The van der Waals surface area contributed by atoms with Gasteiger partial charge in [0.05, 0.1) is 47.2 Å². The Labute approximate surface area is 431 Å². The van der Waals surface area contributed by atoms with Crippen molar-refractivity contribution in [1.82, 2.24) is 24.8 Å². The summed E-state index contributed by atoms with van der Waals surface area (Å²) in [5.74, 6) is -2.85. The number of ether oxygens (including phenoxy) is 7. The minimum absolute atomic E-state index is 0.0882. The maximum absolute atomic E-state index is 14.7. The lowest BCUT2D eigenvalue weighted by Gasteiger charge is -2.49. The van der Waals surface area contributed by atoms with E-state index in [2.05, 4.69) is 10.3 Å². The van der Waals surface area contributed by atoms with Gasteiger partial charge >= 0.3 is 5.97 Å². The Morgan fingerprint density at radius 3 is 2.25 bits per heavy atom. The van der Waals surface area contributed by atoms with Crippen molar-refractivity contribution in [3.05, 3.63) is 41.7 Å². The van der Waals surface area contributed by atoms with Gasteiger partial charge in [0, 0.05) is 69.2 Å². The van der Waals surface area contributed by atoms with Crippen LogP contribution in [0.4, 0.5) is 4.39 Å². The van der Waals surface area contributed by atoms with Crippen LogP contribution in [0.2, 0.25) is 0 Å². The zero-order chi connectivity index (χ0) is 53.6. The van der Waals surface area contributed by atoms with Crippen molar-refractivity contribution in [3.63, 3.8) is 0 Å². The van der Waals surface area contributed by atoms with E-state index >= 15 is 0 Å². The van der Waals surface area contributed by atoms with Crippen molar-refractivity contribution in [2.75, 3.05) is 54.3 Å². The SMILES string of the molecule is CC[C@H]1OC(=O)[C@H](C)[C@@H](O[C@H]2C[C@@](C)(OC)[C@@H](O)[C@H](C)O2)[C@H](C)[C@@H](O[C@@H]2O[C@H](C)C[C@H](N(C)CCc3cn([C@H](CF)[C@H](OC)c4ccc(SC)cc4)nn3)[C@H]2O)[C@](C)(O)C[C@@H](C)CN(C)[C@H](C)[C@@H](O)[C@]1(C)O. The number of cyclic esters (lactones) is 1. The first kappa shape index (κ1) is 60.5. The summed E-state index contributed by atoms with van der Waals surface area (Å²) in [5, 5.41) is 68.5. The third kappa shape index (κ3) is 13.9. The van der Waals surface area contributed by atoms with Gasteiger partial charge in [0.25, 0.3) is 0 Å². The number of carbonyl (C=O) groups is 1. The summed E-state index contributed by atoms with van der Waals surface area (Å²) in [6, 6.07) is 6.00. The molecule has 0 radical (unpaired) electrons. The van der Waals surface area contributed by atoms with Gasteiger partial charge in [-0.05, 0) is 112 Å². The molecule has 20 atom stereocenters. The molecular weight excluding hydrogens is 954 g/mol. The third-order valence-corrected chi connectivity index (χ3v) is 16.7. The zero-order valence-electron chi connectivity index (χ0n) is 45.4. The maximum atomic E-state index is 14.7. The average Bonchev–Trinajstić information content (AvgIpc) is 3.81. The predicted octanol–water partition coefficient (Wildman–Crippen LogP) is 4.73. The number of esters is 1. The zero-order valence-corrected chi connectivity index (χ0v) is 46.2. The minimum Gasteiger partial charge on any atom is -0.459 e. The molecule has 1 aromatic heterocycles. The van der Waals surface area contributed by atoms with E-state index in [4.69, 9.17) is 33.2 Å². The van der Waals surface area contributed by atoms with Crippen molar-refractivity contribution in [2.24, 2.45) is 17.8 Å². The molecule has 0 amide bonds. The number of hydrogen-bond acceptors (Lipinski definition) is 18. The van der Waals surface area contributed by atoms with Crippen LogP contribution < -0.4 is 0 Å². The smallest absolute Gasteiger partial charge is 0.311 e. The molecule has 0 bridgehead atoms. The quantitative estimate of drug-likeness (QED) is 0.113. The molecule has 1 aromatic carbocycles. The van der Waals surface area contributed by atoms with Crippen LogP contribution >= 0.6 is 11.8 Å². The molecule has 0 saturated carbocycles. The number of likely N-dealkylation sites (N-methyl/N-ethyl adjacent to an activating group) is 2. The number of nitrogens with zero attached hydrogens (tertiary/aromatic N) is 5. The van der Waals surface area contributed by atoms with E-state index in [0.717, 1.165) is 10.5 Å². The van der Waals surface area contributed by atoms with E-state index in [-0.39, 0.29) is 25.2 Å². The summed E-state index contributed by atoms with van der Waals surface area (Å²) >= 11 is 1.62. The number of alkyl halides is 1. The monoisotopic (exact) mass is 1040 g/mol. The fraction of sp³-hybridized carbons (Fsp3) is 0.827. The van der Waals surface area contributed by atoms with Crippen LogP contribution in [0.25, 0.3) is 0 Å². The Bertz CT molecular complexity index is 1990. The molecule has 20 heteroatoms. The van der Waals surface area contributed by atoms with E-state index < -0.39 is 127 Å². The van der Waals surface area contributed by atoms with E-state index in [1.54, 1.807) is 73.5 Å².